The number of imide groups is 1. The van der Waals surface area contributed by atoms with Gasteiger partial charge in [-0.25, -0.2) is 4.90 Å². The molecule has 1 aliphatic heterocycles. The van der Waals surface area contributed by atoms with Gasteiger partial charge in [0.15, 0.2) is 0 Å². The fraction of sp³-hybridized carbons (Fsp3) is 0.222. The van der Waals surface area contributed by atoms with Crippen molar-refractivity contribution in [1.29, 1.82) is 0 Å². The standard InChI is InChI=1S/C18H17NO3S/c1-12-8-9-15(10-13(12)2)19-16(20)11-23(22)17(18(19)21)14-6-4-3-5-7-14/h3-10,17H,11H2,1-2H3. The van der Waals surface area contributed by atoms with Crippen molar-refractivity contribution in [3.63, 3.8) is 0 Å². The lowest BCUT2D eigenvalue weighted by atomic mass is 10.1. The van der Waals surface area contributed by atoms with E-state index in [2.05, 4.69) is 0 Å². The van der Waals surface area contributed by atoms with Crippen molar-refractivity contribution in [2.24, 2.45) is 0 Å². The van der Waals surface area contributed by atoms with E-state index in [1.807, 2.05) is 32.0 Å². The maximum absolute atomic E-state index is 12.9. The van der Waals surface area contributed by atoms with Crippen molar-refractivity contribution < 1.29 is 13.8 Å². The molecule has 118 valence electrons. The summed E-state index contributed by atoms with van der Waals surface area (Å²) in [5, 5.41) is -0.796. The predicted octanol–water partition coefficient (Wildman–Crippen LogP) is 2.67. The Morgan fingerprint density at radius 2 is 1.70 bits per heavy atom. The van der Waals surface area contributed by atoms with Gasteiger partial charge in [-0.3, -0.25) is 13.8 Å². The molecule has 0 spiro atoms. The van der Waals surface area contributed by atoms with E-state index in [1.165, 1.54) is 4.90 Å². The summed E-state index contributed by atoms with van der Waals surface area (Å²) < 4.78 is 12.4. The number of benzene rings is 2. The molecule has 2 unspecified atom stereocenters. The van der Waals surface area contributed by atoms with E-state index in [1.54, 1.807) is 30.3 Å². The highest BCUT2D eigenvalue weighted by molar-refractivity contribution is 7.87. The smallest absolute Gasteiger partial charge is 0.254 e. The molecule has 4 nitrogen and oxygen atoms in total. The Labute approximate surface area is 137 Å². The van der Waals surface area contributed by atoms with Gasteiger partial charge in [0.2, 0.25) is 5.91 Å². The molecule has 2 aromatic carbocycles. The van der Waals surface area contributed by atoms with Crippen molar-refractivity contribution in [3.8, 4) is 0 Å². The van der Waals surface area contributed by atoms with Crippen molar-refractivity contribution in [3.05, 3.63) is 65.2 Å². The lowest BCUT2D eigenvalue weighted by Gasteiger charge is -2.30. The van der Waals surface area contributed by atoms with Gasteiger partial charge in [0.1, 0.15) is 11.0 Å². The van der Waals surface area contributed by atoms with Crippen molar-refractivity contribution in [2.45, 2.75) is 19.1 Å². The molecule has 23 heavy (non-hydrogen) atoms. The van der Waals surface area contributed by atoms with Crippen LogP contribution >= 0.6 is 0 Å². The minimum absolute atomic E-state index is 0.141. The molecule has 1 fully saturated rings. The van der Waals surface area contributed by atoms with Gasteiger partial charge in [0, 0.05) is 10.8 Å². The number of carbonyl (C=O) groups is 2. The lowest BCUT2D eigenvalue weighted by Crippen LogP contribution is -2.49. The SMILES string of the molecule is Cc1ccc(N2C(=O)CS(=O)C(c3ccccc3)C2=O)cc1C. The number of aryl methyl sites for hydroxylation is 2. The summed E-state index contributed by atoms with van der Waals surface area (Å²) in [7, 11) is -1.53. The van der Waals surface area contributed by atoms with Crippen LogP contribution in [0.1, 0.15) is 21.9 Å². The van der Waals surface area contributed by atoms with Crippen LogP contribution in [0.5, 0.6) is 0 Å². The summed E-state index contributed by atoms with van der Waals surface area (Å²) >= 11 is 0. The van der Waals surface area contributed by atoms with E-state index in [9.17, 15) is 13.8 Å². The van der Waals surface area contributed by atoms with Gasteiger partial charge in [-0.2, -0.15) is 0 Å². The second-order valence-corrected chi connectivity index (χ2v) is 7.17. The number of hydrogen-bond acceptors (Lipinski definition) is 3. The van der Waals surface area contributed by atoms with E-state index < -0.39 is 27.9 Å². The summed E-state index contributed by atoms with van der Waals surface area (Å²) in [6.45, 7) is 3.91. The fourth-order valence-electron chi connectivity index (χ4n) is 2.68. The van der Waals surface area contributed by atoms with Crippen LogP contribution in [0.4, 0.5) is 5.69 Å². The average molecular weight is 327 g/mol. The van der Waals surface area contributed by atoms with Crippen LogP contribution in [0.25, 0.3) is 0 Å². The molecule has 2 atom stereocenters. The first kappa shape index (κ1) is 15.6. The highest BCUT2D eigenvalue weighted by atomic mass is 32.2. The molecule has 2 amide bonds. The maximum atomic E-state index is 12.9. The van der Waals surface area contributed by atoms with Crippen LogP contribution in [-0.2, 0) is 20.4 Å². The van der Waals surface area contributed by atoms with Crippen LogP contribution in [0.15, 0.2) is 48.5 Å². The molecule has 0 saturated carbocycles. The third kappa shape index (κ3) is 2.84. The molecule has 1 saturated heterocycles. The zero-order valence-corrected chi connectivity index (χ0v) is 13.8. The Hall–Kier alpha value is -2.27. The Bertz CT molecular complexity index is 801. The van der Waals surface area contributed by atoms with E-state index in [0.717, 1.165) is 11.1 Å². The third-order valence-electron chi connectivity index (χ3n) is 4.07. The number of nitrogens with zero attached hydrogens (tertiary/aromatic N) is 1. The zero-order chi connectivity index (χ0) is 16.6. The molecule has 3 rings (SSSR count). The number of carbonyl (C=O) groups excluding carboxylic acids is 2. The maximum Gasteiger partial charge on any atom is 0.254 e. The number of amides is 2. The first-order valence-corrected chi connectivity index (χ1v) is 8.73. The van der Waals surface area contributed by atoms with E-state index in [-0.39, 0.29) is 5.75 Å². The van der Waals surface area contributed by atoms with Crippen LogP contribution in [0, 0.1) is 13.8 Å². The minimum Gasteiger partial charge on any atom is -0.273 e. The van der Waals surface area contributed by atoms with E-state index >= 15 is 0 Å². The Balaban J connectivity index is 2.03. The topological polar surface area (TPSA) is 54.5 Å². The van der Waals surface area contributed by atoms with Gasteiger partial charge in [-0.05, 0) is 42.7 Å². The van der Waals surface area contributed by atoms with Crippen molar-refractivity contribution in [1.82, 2.24) is 0 Å². The largest absolute Gasteiger partial charge is 0.273 e. The predicted molar refractivity (Wildman–Crippen MR) is 90.6 cm³/mol. The summed E-state index contributed by atoms with van der Waals surface area (Å²) in [6, 6.07) is 14.5. The second kappa shape index (κ2) is 6.08. The lowest BCUT2D eigenvalue weighted by molar-refractivity contribution is -0.125. The van der Waals surface area contributed by atoms with Gasteiger partial charge in [-0.1, -0.05) is 36.4 Å². The number of rotatable bonds is 2. The molecular formula is C18H17NO3S. The van der Waals surface area contributed by atoms with Crippen LogP contribution in [0.2, 0.25) is 0 Å². The second-order valence-electron chi connectivity index (χ2n) is 5.65. The summed E-state index contributed by atoms with van der Waals surface area (Å²) in [4.78, 5) is 26.3. The minimum atomic E-state index is -1.53. The van der Waals surface area contributed by atoms with Gasteiger partial charge >= 0.3 is 0 Å². The molecule has 2 aromatic rings. The number of hydrogen-bond donors (Lipinski definition) is 0. The van der Waals surface area contributed by atoms with Gasteiger partial charge < -0.3 is 0 Å². The van der Waals surface area contributed by atoms with Crippen LogP contribution in [0.3, 0.4) is 0 Å². The van der Waals surface area contributed by atoms with Crippen molar-refractivity contribution >= 4 is 28.3 Å². The highest BCUT2D eigenvalue weighted by Gasteiger charge is 2.41. The van der Waals surface area contributed by atoms with Gasteiger partial charge in [0.05, 0.1) is 5.69 Å². The third-order valence-corrected chi connectivity index (χ3v) is 5.60. The quantitative estimate of drug-likeness (QED) is 0.797. The average Bonchev–Trinajstić information content (AvgIpc) is 2.51. The Kier molecular flexibility index (Phi) is 4.13. The van der Waals surface area contributed by atoms with E-state index in [0.29, 0.717) is 11.3 Å². The zero-order valence-electron chi connectivity index (χ0n) is 13.0. The molecule has 0 aliphatic carbocycles. The van der Waals surface area contributed by atoms with Gasteiger partial charge in [0.25, 0.3) is 5.91 Å². The summed E-state index contributed by atoms with van der Waals surface area (Å²) in [5.41, 5.74) is 3.32. The first-order valence-electron chi connectivity index (χ1n) is 7.35. The molecule has 0 N–H and O–H groups in total. The van der Waals surface area contributed by atoms with E-state index in [4.69, 9.17) is 0 Å². The molecule has 0 radical (unpaired) electrons. The summed E-state index contributed by atoms with van der Waals surface area (Å²) in [5.74, 6) is -0.976. The molecule has 5 heteroatoms. The number of anilines is 1. The molecule has 1 aliphatic rings. The van der Waals surface area contributed by atoms with Crippen molar-refractivity contribution in [2.75, 3.05) is 10.7 Å². The molecule has 0 aromatic heterocycles. The Morgan fingerprint density at radius 1 is 1.00 bits per heavy atom. The first-order chi connectivity index (χ1) is 11.0. The van der Waals surface area contributed by atoms with Crippen LogP contribution < -0.4 is 4.90 Å². The summed E-state index contributed by atoms with van der Waals surface area (Å²) in [6.07, 6.45) is 0. The monoisotopic (exact) mass is 327 g/mol. The fourth-order valence-corrected chi connectivity index (χ4v) is 4.01. The molecular weight excluding hydrogens is 310 g/mol. The highest BCUT2D eigenvalue weighted by Crippen LogP contribution is 2.31. The normalized spacial score (nSPS) is 21.6. The Morgan fingerprint density at radius 3 is 2.35 bits per heavy atom. The van der Waals surface area contributed by atoms with Gasteiger partial charge in [-0.15, -0.1) is 0 Å². The molecule has 1 heterocycles. The van der Waals surface area contributed by atoms with Crippen LogP contribution in [-0.4, -0.2) is 21.8 Å². The molecule has 0 bridgehead atoms.